The summed E-state index contributed by atoms with van der Waals surface area (Å²) in [6.07, 6.45) is 5.49. The molecule has 6 nitrogen and oxygen atoms in total. The number of urea groups is 1. The first-order valence-corrected chi connectivity index (χ1v) is 12.6. The smallest absolute Gasteiger partial charge is 0.305 e. The zero-order chi connectivity index (χ0) is 21.6. The number of nitrogens with zero attached hydrogens (tertiary/aromatic N) is 2. The number of benzene rings is 1. The van der Waals surface area contributed by atoms with E-state index in [4.69, 9.17) is 0 Å². The summed E-state index contributed by atoms with van der Waals surface area (Å²) in [6, 6.07) is 13.1. The van der Waals surface area contributed by atoms with Gasteiger partial charge in [-0.3, -0.25) is 15.1 Å². The maximum absolute atomic E-state index is 12.8. The average molecular weight is 517 g/mol. The normalized spacial score (nSPS) is 13.8. The minimum absolute atomic E-state index is 0.00176. The number of aromatic nitrogens is 2. The van der Waals surface area contributed by atoms with Crippen LogP contribution in [0.25, 0.3) is 0 Å². The maximum Gasteiger partial charge on any atom is 0.325 e. The van der Waals surface area contributed by atoms with Crippen LogP contribution in [-0.2, 0) is 5.75 Å². The van der Waals surface area contributed by atoms with E-state index in [1.54, 1.807) is 30.1 Å². The Morgan fingerprint density at radius 1 is 1.10 bits per heavy atom. The number of Topliss-reactive ketones (excluding diaryl/α,β-unsaturated/α-hetero) is 1. The Morgan fingerprint density at radius 3 is 2.65 bits per heavy atom. The molecule has 1 saturated carbocycles. The Balaban J connectivity index is 1.39. The number of hydrogen-bond acceptors (Lipinski definition) is 6. The highest BCUT2D eigenvalue weighted by Gasteiger charge is 2.27. The van der Waals surface area contributed by atoms with Gasteiger partial charge in [-0.25, -0.2) is 9.78 Å². The summed E-state index contributed by atoms with van der Waals surface area (Å²) in [5.41, 5.74) is 1.62. The van der Waals surface area contributed by atoms with Gasteiger partial charge in [-0.1, -0.05) is 42.4 Å². The fourth-order valence-electron chi connectivity index (χ4n) is 3.48. The molecule has 2 heterocycles. The van der Waals surface area contributed by atoms with Gasteiger partial charge in [0.15, 0.2) is 10.9 Å². The van der Waals surface area contributed by atoms with Crippen molar-refractivity contribution in [1.82, 2.24) is 9.97 Å². The summed E-state index contributed by atoms with van der Waals surface area (Å²) in [6.45, 7) is 0. The molecule has 3 aromatic rings. The highest BCUT2D eigenvalue weighted by Crippen LogP contribution is 2.33. The lowest BCUT2D eigenvalue weighted by Crippen LogP contribution is -2.22. The summed E-state index contributed by atoms with van der Waals surface area (Å²) in [5, 5.41) is 6.01. The first kappa shape index (κ1) is 22.0. The molecule has 9 heteroatoms. The standard InChI is InChI=1S/C22H21BrN4O2S2/c23-20-17(13-30-15-9-2-1-3-10-15)26-22(31-20)27-21(29)25-16-11-6-12-24-18(16)19(28)14-7-4-5-8-14/h1-3,6,9-12,14H,4-5,7-8,13H2,(H2,25,26,27,29). The molecule has 31 heavy (non-hydrogen) atoms. The number of hydrogen-bond donors (Lipinski definition) is 2. The maximum atomic E-state index is 12.8. The van der Waals surface area contributed by atoms with Crippen LogP contribution in [0, 0.1) is 5.92 Å². The SMILES string of the molecule is O=C(Nc1nc(CSc2ccccc2)c(Br)s1)Nc1cccnc1C(=O)C1CCCC1. The van der Waals surface area contributed by atoms with Gasteiger partial charge >= 0.3 is 6.03 Å². The number of nitrogens with one attached hydrogen (secondary N) is 2. The van der Waals surface area contributed by atoms with Gasteiger partial charge in [-0.15, -0.1) is 11.8 Å². The summed E-state index contributed by atoms with van der Waals surface area (Å²) in [4.78, 5) is 35.3. The number of carbonyl (C=O) groups excluding carboxylic acids is 2. The van der Waals surface area contributed by atoms with Crippen molar-refractivity contribution in [1.29, 1.82) is 0 Å². The van der Waals surface area contributed by atoms with Gasteiger partial charge in [0.2, 0.25) is 0 Å². The van der Waals surface area contributed by atoms with Crippen LogP contribution in [0.3, 0.4) is 0 Å². The van der Waals surface area contributed by atoms with Gasteiger partial charge in [-0.2, -0.15) is 0 Å². The third-order valence-electron chi connectivity index (χ3n) is 5.00. The molecular formula is C22H21BrN4O2S2. The van der Waals surface area contributed by atoms with E-state index in [0.717, 1.165) is 40.1 Å². The number of ketones is 1. The van der Waals surface area contributed by atoms with Crippen LogP contribution >= 0.6 is 39.0 Å². The number of thiazole rings is 1. The molecule has 2 aromatic heterocycles. The minimum Gasteiger partial charge on any atom is -0.305 e. The third-order valence-corrected chi connectivity index (χ3v) is 7.77. The van der Waals surface area contributed by atoms with E-state index < -0.39 is 6.03 Å². The number of pyridine rings is 1. The fourth-order valence-corrected chi connectivity index (χ4v) is 6.01. The molecule has 1 aromatic carbocycles. The van der Waals surface area contributed by atoms with E-state index >= 15 is 0 Å². The lowest BCUT2D eigenvalue weighted by atomic mass is 9.99. The number of halogens is 1. The van der Waals surface area contributed by atoms with Gasteiger partial charge in [-0.05, 0) is 53.0 Å². The largest absolute Gasteiger partial charge is 0.325 e. The number of amides is 2. The highest BCUT2D eigenvalue weighted by atomic mass is 79.9. The first-order valence-electron chi connectivity index (χ1n) is 10.0. The second kappa shape index (κ2) is 10.4. The minimum atomic E-state index is -0.447. The van der Waals surface area contributed by atoms with Gasteiger partial charge in [0.05, 0.1) is 15.2 Å². The zero-order valence-corrected chi connectivity index (χ0v) is 19.9. The molecule has 0 bridgehead atoms. The van der Waals surface area contributed by atoms with Gasteiger partial charge < -0.3 is 5.32 Å². The topological polar surface area (TPSA) is 84.0 Å². The zero-order valence-electron chi connectivity index (χ0n) is 16.6. The average Bonchev–Trinajstić information content (AvgIpc) is 3.43. The molecule has 1 aliphatic carbocycles. The van der Waals surface area contributed by atoms with E-state index in [9.17, 15) is 9.59 Å². The number of anilines is 2. The molecule has 160 valence electrons. The molecule has 0 spiro atoms. The first-order chi connectivity index (χ1) is 15.1. The van der Waals surface area contributed by atoms with Crippen LogP contribution < -0.4 is 10.6 Å². The van der Waals surface area contributed by atoms with Crippen molar-refractivity contribution >= 4 is 61.7 Å². The second-order valence-corrected chi connectivity index (χ2v) is 10.5. The lowest BCUT2D eigenvalue weighted by Gasteiger charge is -2.12. The number of thioether (sulfide) groups is 1. The highest BCUT2D eigenvalue weighted by molar-refractivity contribution is 9.11. The predicted octanol–water partition coefficient (Wildman–Crippen LogP) is 6.61. The van der Waals surface area contributed by atoms with Crippen LogP contribution in [0.1, 0.15) is 41.9 Å². The van der Waals surface area contributed by atoms with Crippen LogP contribution in [0.4, 0.5) is 15.6 Å². The van der Waals surface area contributed by atoms with Crippen LogP contribution in [-0.4, -0.2) is 21.8 Å². The molecule has 0 saturated heterocycles. The lowest BCUT2D eigenvalue weighted by molar-refractivity contribution is 0.0918. The van der Waals surface area contributed by atoms with Crippen LogP contribution in [0.15, 0.2) is 57.3 Å². The molecule has 2 amide bonds. The van der Waals surface area contributed by atoms with Crippen molar-refractivity contribution in [2.24, 2.45) is 5.92 Å². The molecule has 4 rings (SSSR count). The molecule has 1 fully saturated rings. The monoisotopic (exact) mass is 516 g/mol. The Labute approximate surface area is 197 Å². The van der Waals surface area contributed by atoms with Crippen molar-refractivity contribution in [3.63, 3.8) is 0 Å². The summed E-state index contributed by atoms with van der Waals surface area (Å²) in [5.74, 6) is 0.691. The summed E-state index contributed by atoms with van der Waals surface area (Å²) in [7, 11) is 0. The van der Waals surface area contributed by atoms with Crippen molar-refractivity contribution < 1.29 is 9.59 Å². The molecule has 0 aliphatic heterocycles. The van der Waals surface area contributed by atoms with Crippen molar-refractivity contribution in [3.05, 3.63) is 63.8 Å². The molecule has 1 aliphatic rings. The Hall–Kier alpha value is -2.23. The van der Waals surface area contributed by atoms with Crippen molar-refractivity contribution in [2.45, 2.75) is 36.3 Å². The van der Waals surface area contributed by atoms with Crippen LogP contribution in [0.2, 0.25) is 0 Å². The summed E-state index contributed by atoms with van der Waals surface area (Å²) < 4.78 is 0.879. The van der Waals surface area contributed by atoms with Crippen molar-refractivity contribution in [3.8, 4) is 0 Å². The van der Waals surface area contributed by atoms with Gasteiger partial charge in [0.25, 0.3) is 0 Å². The second-order valence-electron chi connectivity index (χ2n) is 7.17. The number of carbonyl (C=O) groups is 2. The quantitative estimate of drug-likeness (QED) is 0.272. The molecular weight excluding hydrogens is 496 g/mol. The molecule has 0 unspecified atom stereocenters. The molecule has 0 radical (unpaired) electrons. The molecule has 0 atom stereocenters. The fraction of sp³-hybridized carbons (Fsp3) is 0.273. The number of rotatable bonds is 7. The van der Waals surface area contributed by atoms with Crippen molar-refractivity contribution in [2.75, 3.05) is 10.6 Å². The van der Waals surface area contributed by atoms with E-state index in [-0.39, 0.29) is 11.7 Å². The predicted molar refractivity (Wildman–Crippen MR) is 129 cm³/mol. The van der Waals surface area contributed by atoms with Gasteiger partial charge in [0.1, 0.15) is 5.69 Å². The van der Waals surface area contributed by atoms with E-state index in [1.165, 1.54) is 11.3 Å². The Kier molecular flexibility index (Phi) is 7.37. The Bertz CT molecular complexity index is 1070. The van der Waals surface area contributed by atoms with Gasteiger partial charge in [0, 0.05) is 22.8 Å². The van der Waals surface area contributed by atoms with E-state index in [1.807, 2.05) is 18.2 Å². The summed E-state index contributed by atoms with van der Waals surface area (Å²) >= 11 is 6.57. The van der Waals surface area contributed by atoms with Crippen LogP contribution in [0.5, 0.6) is 0 Å². The molecule has 2 N–H and O–H groups in total. The Morgan fingerprint density at radius 2 is 1.87 bits per heavy atom. The third kappa shape index (κ3) is 5.72. The van der Waals surface area contributed by atoms with E-state index in [0.29, 0.717) is 22.3 Å². The van der Waals surface area contributed by atoms with E-state index in [2.05, 4.69) is 48.7 Å².